The fourth-order valence-electron chi connectivity index (χ4n) is 0.935. The van der Waals surface area contributed by atoms with Gasteiger partial charge in [0.05, 0.1) is 24.0 Å². The van der Waals surface area contributed by atoms with Crippen LogP contribution in [-0.4, -0.2) is 35.6 Å². The molecule has 1 aromatic heterocycles. The van der Waals surface area contributed by atoms with Crippen molar-refractivity contribution in [1.29, 1.82) is 0 Å². The largest absolute Gasteiger partial charge is 0.380 e. The third-order valence-electron chi connectivity index (χ3n) is 1.59. The van der Waals surface area contributed by atoms with E-state index in [1.165, 1.54) is 0 Å². The highest BCUT2D eigenvalue weighted by Crippen LogP contribution is 2.05. The first-order valence-corrected chi connectivity index (χ1v) is 5.59. The lowest BCUT2D eigenvalue weighted by molar-refractivity contribution is 0.149. The van der Waals surface area contributed by atoms with Crippen molar-refractivity contribution in [3.8, 4) is 0 Å². The molecular weight excluding hydrogens is 237 g/mol. The molecule has 0 aliphatic heterocycles. The van der Waals surface area contributed by atoms with Crippen molar-refractivity contribution < 1.29 is 4.74 Å². The second-order valence-electron chi connectivity index (χ2n) is 2.81. The van der Waals surface area contributed by atoms with Crippen molar-refractivity contribution in [2.45, 2.75) is 6.42 Å². The van der Waals surface area contributed by atoms with Crippen LogP contribution in [0.4, 0.5) is 5.95 Å². The van der Waals surface area contributed by atoms with Crippen LogP contribution >= 0.6 is 23.2 Å². The summed E-state index contributed by atoms with van der Waals surface area (Å²) in [4.78, 5) is 7.99. The second-order valence-corrected chi connectivity index (χ2v) is 3.62. The van der Waals surface area contributed by atoms with Crippen molar-refractivity contribution in [1.82, 2.24) is 9.97 Å². The summed E-state index contributed by atoms with van der Waals surface area (Å²) >= 11 is 11.1. The minimum Gasteiger partial charge on any atom is -0.380 e. The molecule has 0 bridgehead atoms. The highest BCUT2D eigenvalue weighted by molar-refractivity contribution is 6.30. The van der Waals surface area contributed by atoms with E-state index in [9.17, 15) is 0 Å². The maximum absolute atomic E-state index is 5.64. The Balaban J connectivity index is 2.07. The van der Waals surface area contributed by atoms with Gasteiger partial charge >= 0.3 is 0 Å². The summed E-state index contributed by atoms with van der Waals surface area (Å²) in [5.41, 5.74) is 0. The van der Waals surface area contributed by atoms with Crippen molar-refractivity contribution in [2.24, 2.45) is 0 Å². The number of halogens is 2. The molecule has 1 N–H and O–H groups in total. The van der Waals surface area contributed by atoms with Crippen LogP contribution in [0.5, 0.6) is 0 Å². The van der Waals surface area contributed by atoms with E-state index >= 15 is 0 Å². The van der Waals surface area contributed by atoms with Gasteiger partial charge in [-0.05, 0) is 6.42 Å². The number of alkyl halides is 1. The van der Waals surface area contributed by atoms with Crippen LogP contribution in [0.15, 0.2) is 12.4 Å². The molecular formula is C9H13Cl2N3O. The minimum absolute atomic E-state index is 0.533. The number of ether oxygens (including phenoxy) is 1. The quantitative estimate of drug-likeness (QED) is 0.595. The second kappa shape index (κ2) is 7.68. The number of anilines is 1. The predicted octanol–water partition coefficient (Wildman–Crippen LogP) is 2.19. The highest BCUT2D eigenvalue weighted by atomic mass is 35.5. The molecule has 1 rings (SSSR count). The number of hydrogen-bond donors (Lipinski definition) is 1. The fourth-order valence-corrected chi connectivity index (χ4v) is 1.14. The van der Waals surface area contributed by atoms with Crippen LogP contribution in [0.25, 0.3) is 0 Å². The van der Waals surface area contributed by atoms with Crippen LogP contribution < -0.4 is 5.32 Å². The fraction of sp³-hybridized carbons (Fsp3) is 0.556. The Morgan fingerprint density at radius 2 is 2.00 bits per heavy atom. The number of nitrogens with one attached hydrogen (secondary N) is 1. The molecule has 0 aliphatic carbocycles. The first-order chi connectivity index (χ1) is 7.33. The van der Waals surface area contributed by atoms with E-state index in [1.807, 2.05) is 0 Å². The molecule has 0 saturated heterocycles. The molecule has 0 unspecified atom stereocenters. The van der Waals surface area contributed by atoms with Crippen LogP contribution in [0.2, 0.25) is 5.02 Å². The van der Waals surface area contributed by atoms with E-state index in [2.05, 4.69) is 15.3 Å². The molecule has 0 radical (unpaired) electrons. The van der Waals surface area contributed by atoms with Crippen LogP contribution in [0, 0.1) is 0 Å². The Labute approximate surface area is 99.0 Å². The van der Waals surface area contributed by atoms with E-state index < -0.39 is 0 Å². The SMILES string of the molecule is ClCCOCCCNc1ncc(Cl)cn1. The van der Waals surface area contributed by atoms with Gasteiger partial charge in [-0.2, -0.15) is 0 Å². The number of hydrogen-bond acceptors (Lipinski definition) is 4. The van der Waals surface area contributed by atoms with Gasteiger partial charge in [0.2, 0.25) is 5.95 Å². The summed E-state index contributed by atoms with van der Waals surface area (Å²) in [5.74, 6) is 1.12. The van der Waals surface area contributed by atoms with Gasteiger partial charge in [0, 0.05) is 19.0 Å². The Kier molecular flexibility index (Phi) is 6.39. The zero-order valence-corrected chi connectivity index (χ0v) is 9.76. The Morgan fingerprint density at radius 3 is 2.67 bits per heavy atom. The maximum Gasteiger partial charge on any atom is 0.222 e. The topological polar surface area (TPSA) is 47.0 Å². The first kappa shape index (κ1) is 12.5. The molecule has 84 valence electrons. The Morgan fingerprint density at radius 1 is 1.27 bits per heavy atom. The maximum atomic E-state index is 5.64. The van der Waals surface area contributed by atoms with Crippen molar-refractivity contribution in [3.63, 3.8) is 0 Å². The molecule has 0 aliphatic rings. The molecule has 1 heterocycles. The van der Waals surface area contributed by atoms with Gasteiger partial charge in [-0.3, -0.25) is 0 Å². The van der Waals surface area contributed by atoms with Crippen LogP contribution in [0.3, 0.4) is 0 Å². The lowest BCUT2D eigenvalue weighted by atomic mass is 10.4. The highest BCUT2D eigenvalue weighted by Gasteiger charge is 1.94. The summed E-state index contributed by atoms with van der Waals surface area (Å²) in [6.45, 7) is 2.05. The normalized spacial score (nSPS) is 10.3. The van der Waals surface area contributed by atoms with Gasteiger partial charge in [0.1, 0.15) is 0 Å². The third-order valence-corrected chi connectivity index (χ3v) is 1.94. The summed E-state index contributed by atoms with van der Waals surface area (Å²) in [6.07, 6.45) is 4.00. The molecule has 0 aromatic carbocycles. The lowest BCUT2D eigenvalue weighted by Gasteiger charge is -2.04. The molecule has 0 atom stereocenters. The molecule has 0 fully saturated rings. The number of nitrogens with zero attached hydrogens (tertiary/aromatic N) is 2. The molecule has 0 saturated carbocycles. The van der Waals surface area contributed by atoms with Crippen molar-refractivity contribution >= 4 is 29.2 Å². The van der Waals surface area contributed by atoms with E-state index in [1.54, 1.807) is 12.4 Å². The Bertz CT molecular complexity index is 269. The molecule has 1 aromatic rings. The van der Waals surface area contributed by atoms with Gasteiger partial charge in [0.25, 0.3) is 0 Å². The first-order valence-electron chi connectivity index (χ1n) is 4.68. The van der Waals surface area contributed by atoms with Gasteiger partial charge in [0.15, 0.2) is 0 Å². The Hall–Kier alpha value is -0.580. The average molecular weight is 250 g/mol. The molecule has 0 spiro atoms. The number of aromatic nitrogens is 2. The minimum atomic E-state index is 0.533. The van der Waals surface area contributed by atoms with Gasteiger partial charge in [-0.1, -0.05) is 11.6 Å². The van der Waals surface area contributed by atoms with Gasteiger partial charge in [-0.15, -0.1) is 11.6 Å². The predicted molar refractivity (Wildman–Crippen MR) is 61.7 cm³/mol. The molecule has 6 heteroatoms. The van der Waals surface area contributed by atoms with Crippen molar-refractivity contribution in [2.75, 3.05) is 31.0 Å². The zero-order valence-electron chi connectivity index (χ0n) is 8.25. The molecule has 4 nitrogen and oxygen atoms in total. The summed E-state index contributed by atoms with van der Waals surface area (Å²) < 4.78 is 5.21. The van der Waals surface area contributed by atoms with Crippen LogP contribution in [-0.2, 0) is 4.74 Å². The number of rotatable bonds is 7. The summed E-state index contributed by atoms with van der Waals surface area (Å²) in [6, 6.07) is 0. The average Bonchev–Trinajstić information content (AvgIpc) is 2.26. The van der Waals surface area contributed by atoms with Crippen molar-refractivity contribution in [3.05, 3.63) is 17.4 Å². The third kappa shape index (κ3) is 5.77. The van der Waals surface area contributed by atoms with E-state index in [4.69, 9.17) is 27.9 Å². The summed E-state index contributed by atoms with van der Waals surface area (Å²) in [7, 11) is 0. The van der Waals surface area contributed by atoms with Crippen LogP contribution in [0.1, 0.15) is 6.42 Å². The monoisotopic (exact) mass is 249 g/mol. The van der Waals surface area contributed by atoms with Gasteiger partial charge in [-0.25, -0.2) is 9.97 Å². The van der Waals surface area contributed by atoms with E-state index in [0.29, 0.717) is 30.1 Å². The summed E-state index contributed by atoms with van der Waals surface area (Å²) in [5, 5.41) is 3.59. The smallest absolute Gasteiger partial charge is 0.222 e. The van der Waals surface area contributed by atoms with Gasteiger partial charge < -0.3 is 10.1 Å². The zero-order chi connectivity index (χ0) is 10.9. The standard InChI is InChI=1S/C9H13Cl2N3O/c10-2-5-15-4-1-3-12-9-13-6-8(11)7-14-9/h6-7H,1-5H2,(H,12,13,14). The molecule has 0 amide bonds. The van der Waals surface area contributed by atoms with E-state index in [-0.39, 0.29) is 0 Å². The lowest BCUT2D eigenvalue weighted by Crippen LogP contribution is -2.08. The molecule has 15 heavy (non-hydrogen) atoms. The van der Waals surface area contributed by atoms with E-state index in [0.717, 1.165) is 13.0 Å².